The molecule has 2 aromatic heterocycles. The van der Waals surface area contributed by atoms with E-state index in [0.29, 0.717) is 41.7 Å². The molecule has 0 spiro atoms. The van der Waals surface area contributed by atoms with Crippen molar-refractivity contribution in [3.63, 3.8) is 0 Å². The third-order valence-corrected chi connectivity index (χ3v) is 7.67. The molecule has 1 aliphatic carbocycles. The Labute approximate surface area is 236 Å². The first-order valence-corrected chi connectivity index (χ1v) is 13.3. The number of carbonyl (C=O) groups is 1. The number of nitrogen functional groups attached to an aromatic ring is 1. The smallest absolute Gasteiger partial charge is 0.398 e. The summed E-state index contributed by atoms with van der Waals surface area (Å²) < 4.78 is 95.2. The second-order valence-corrected chi connectivity index (χ2v) is 11.5. The van der Waals surface area contributed by atoms with Crippen molar-refractivity contribution in [1.82, 2.24) is 20.1 Å². The molecule has 224 valence electrons. The molecule has 41 heavy (non-hydrogen) atoms. The molecule has 1 aliphatic rings. The van der Waals surface area contributed by atoms with Gasteiger partial charge < -0.3 is 11.1 Å². The monoisotopic (exact) mass is 607 g/mol. The molecule has 0 aliphatic heterocycles. The van der Waals surface area contributed by atoms with Crippen molar-refractivity contribution in [3.05, 3.63) is 51.9 Å². The fourth-order valence-corrected chi connectivity index (χ4v) is 5.79. The highest BCUT2D eigenvalue weighted by Gasteiger charge is 2.40. The number of amides is 1. The Bertz CT molecular complexity index is 1440. The SMILES string of the molecule is CC(NC(=O)c1cn(CC(C)(C)F)nc1C(F)(F)F)C1CCC(c2c(Cl)ccc3nc(C(F)(F)F)cc(N)c23)CC1. The number of hydrogen-bond donors (Lipinski definition) is 2. The Morgan fingerprint density at radius 1 is 1.10 bits per heavy atom. The molecule has 2 heterocycles. The second-order valence-electron chi connectivity index (χ2n) is 11.1. The van der Waals surface area contributed by atoms with Crippen LogP contribution < -0.4 is 11.1 Å². The fraction of sp³-hybridized carbons (Fsp3) is 0.519. The second kappa shape index (κ2) is 11.0. The van der Waals surface area contributed by atoms with Crippen LogP contribution in [0.25, 0.3) is 10.9 Å². The Hall–Kier alpha value is -3.09. The van der Waals surface area contributed by atoms with Gasteiger partial charge in [0.25, 0.3) is 5.91 Å². The van der Waals surface area contributed by atoms with Crippen molar-refractivity contribution in [2.24, 2.45) is 5.92 Å². The molecule has 1 aromatic carbocycles. The van der Waals surface area contributed by atoms with E-state index < -0.39 is 53.5 Å². The Morgan fingerprint density at radius 3 is 2.29 bits per heavy atom. The van der Waals surface area contributed by atoms with Crippen LogP contribution in [0, 0.1) is 5.92 Å². The summed E-state index contributed by atoms with van der Waals surface area (Å²) in [6, 6.07) is 3.16. The predicted molar refractivity (Wildman–Crippen MR) is 140 cm³/mol. The number of nitrogens with two attached hydrogens (primary N) is 1. The summed E-state index contributed by atoms with van der Waals surface area (Å²) in [5, 5.41) is 6.76. The van der Waals surface area contributed by atoms with Crippen LogP contribution in [-0.4, -0.2) is 32.4 Å². The topological polar surface area (TPSA) is 85.8 Å². The maximum Gasteiger partial charge on any atom is 0.435 e. The summed E-state index contributed by atoms with van der Waals surface area (Å²) >= 11 is 6.48. The molecule has 1 unspecified atom stereocenters. The summed E-state index contributed by atoms with van der Waals surface area (Å²) in [6.07, 6.45) is -6.43. The molecule has 1 atom stereocenters. The molecule has 4 rings (SSSR count). The van der Waals surface area contributed by atoms with Crippen molar-refractivity contribution in [2.45, 2.75) is 83.0 Å². The third-order valence-electron chi connectivity index (χ3n) is 7.34. The zero-order valence-electron chi connectivity index (χ0n) is 22.4. The number of carbonyl (C=O) groups excluding carboxylic acids is 1. The minimum absolute atomic E-state index is 0.0802. The lowest BCUT2D eigenvalue weighted by atomic mass is 9.75. The molecule has 14 heteroatoms. The van der Waals surface area contributed by atoms with E-state index in [-0.39, 0.29) is 23.0 Å². The van der Waals surface area contributed by atoms with E-state index in [9.17, 15) is 35.5 Å². The number of aromatic nitrogens is 3. The zero-order chi connectivity index (χ0) is 30.5. The van der Waals surface area contributed by atoms with E-state index in [0.717, 1.165) is 16.9 Å². The quantitative estimate of drug-likeness (QED) is 0.283. The molecule has 6 nitrogen and oxygen atoms in total. The minimum Gasteiger partial charge on any atom is -0.398 e. The average Bonchev–Trinajstić information content (AvgIpc) is 3.27. The Balaban J connectivity index is 1.49. The van der Waals surface area contributed by atoms with Gasteiger partial charge in [0.2, 0.25) is 0 Å². The van der Waals surface area contributed by atoms with Crippen molar-refractivity contribution in [1.29, 1.82) is 0 Å². The van der Waals surface area contributed by atoms with E-state index in [4.69, 9.17) is 17.3 Å². The van der Waals surface area contributed by atoms with Gasteiger partial charge in [-0.2, -0.15) is 31.4 Å². The van der Waals surface area contributed by atoms with Gasteiger partial charge in [0.15, 0.2) is 5.69 Å². The average molecular weight is 608 g/mol. The van der Waals surface area contributed by atoms with Gasteiger partial charge in [0, 0.05) is 28.3 Å². The highest BCUT2D eigenvalue weighted by Crippen LogP contribution is 2.45. The molecule has 1 fully saturated rings. The number of nitrogens with one attached hydrogen (secondary N) is 1. The van der Waals surface area contributed by atoms with Crippen LogP contribution in [0.4, 0.5) is 36.4 Å². The van der Waals surface area contributed by atoms with Gasteiger partial charge in [-0.15, -0.1) is 0 Å². The molecular formula is C27H29ClF7N5O. The summed E-state index contributed by atoms with van der Waals surface area (Å²) in [5.41, 5.74) is 1.62. The Kier molecular flexibility index (Phi) is 8.25. The fourth-order valence-electron chi connectivity index (χ4n) is 5.48. The van der Waals surface area contributed by atoms with Crippen LogP contribution >= 0.6 is 11.6 Å². The van der Waals surface area contributed by atoms with Crippen molar-refractivity contribution < 1.29 is 35.5 Å². The lowest BCUT2D eigenvalue weighted by molar-refractivity contribution is -0.142. The van der Waals surface area contributed by atoms with Gasteiger partial charge >= 0.3 is 12.4 Å². The lowest BCUT2D eigenvalue weighted by Crippen LogP contribution is -2.40. The highest BCUT2D eigenvalue weighted by atomic mass is 35.5. The molecule has 3 N–H and O–H groups in total. The van der Waals surface area contributed by atoms with Crippen molar-refractivity contribution >= 4 is 34.1 Å². The van der Waals surface area contributed by atoms with Gasteiger partial charge in [-0.25, -0.2) is 9.37 Å². The molecule has 0 radical (unpaired) electrons. The van der Waals surface area contributed by atoms with Gasteiger partial charge in [-0.05, 0) is 82.1 Å². The number of nitrogens with zero attached hydrogens (tertiary/aromatic N) is 3. The first-order valence-electron chi connectivity index (χ1n) is 13.0. The number of alkyl halides is 7. The predicted octanol–water partition coefficient (Wildman–Crippen LogP) is 7.54. The zero-order valence-corrected chi connectivity index (χ0v) is 23.2. The van der Waals surface area contributed by atoms with Crippen LogP contribution in [0.2, 0.25) is 5.02 Å². The number of anilines is 1. The van der Waals surface area contributed by atoms with Gasteiger partial charge in [-0.3, -0.25) is 9.48 Å². The van der Waals surface area contributed by atoms with E-state index in [2.05, 4.69) is 15.4 Å². The van der Waals surface area contributed by atoms with E-state index in [1.54, 1.807) is 6.92 Å². The molecule has 0 saturated heterocycles. The molecule has 1 saturated carbocycles. The van der Waals surface area contributed by atoms with E-state index in [1.165, 1.54) is 26.0 Å². The van der Waals surface area contributed by atoms with E-state index >= 15 is 0 Å². The summed E-state index contributed by atoms with van der Waals surface area (Å²) in [4.78, 5) is 16.6. The van der Waals surface area contributed by atoms with Gasteiger partial charge in [-0.1, -0.05) is 11.6 Å². The third kappa shape index (κ3) is 6.87. The van der Waals surface area contributed by atoms with Crippen LogP contribution in [0.5, 0.6) is 0 Å². The first kappa shape index (κ1) is 30.9. The first-order chi connectivity index (χ1) is 18.8. The van der Waals surface area contributed by atoms with Gasteiger partial charge in [0.1, 0.15) is 11.4 Å². The summed E-state index contributed by atoms with van der Waals surface area (Å²) in [6.45, 7) is 3.61. The number of pyridine rings is 1. The number of benzene rings is 1. The van der Waals surface area contributed by atoms with Crippen molar-refractivity contribution in [3.8, 4) is 0 Å². The molecule has 3 aromatic rings. The Morgan fingerprint density at radius 2 is 1.73 bits per heavy atom. The van der Waals surface area contributed by atoms with Crippen LogP contribution in [0.1, 0.15) is 79.7 Å². The highest BCUT2D eigenvalue weighted by molar-refractivity contribution is 6.32. The number of fused-ring (bicyclic) bond motifs is 1. The number of rotatable bonds is 6. The maximum atomic E-state index is 14.0. The summed E-state index contributed by atoms with van der Waals surface area (Å²) in [5.74, 6) is -1.21. The standard InChI is InChI=1S/C27H29ClF7N5O/c1-13(37-24(41)16-11-40(12-25(2,3)29)39-23(16)27(33,34)35)14-4-6-15(7-5-14)21-17(28)8-9-19-22(21)18(36)10-20(38-19)26(30,31)32/h8-11,13-15H,4-7,12H2,1-3H3,(H2,36,38)(H,37,41). The lowest BCUT2D eigenvalue weighted by Gasteiger charge is -2.33. The van der Waals surface area contributed by atoms with Crippen LogP contribution in [0.15, 0.2) is 24.4 Å². The van der Waals surface area contributed by atoms with Gasteiger partial charge in [0.05, 0.1) is 17.6 Å². The van der Waals surface area contributed by atoms with Crippen LogP contribution in [0.3, 0.4) is 0 Å². The van der Waals surface area contributed by atoms with E-state index in [1.807, 2.05) is 0 Å². The number of hydrogen-bond acceptors (Lipinski definition) is 4. The molecule has 1 amide bonds. The van der Waals surface area contributed by atoms with Crippen LogP contribution in [-0.2, 0) is 18.9 Å². The number of halogens is 8. The largest absolute Gasteiger partial charge is 0.435 e. The molecular weight excluding hydrogens is 579 g/mol. The maximum absolute atomic E-state index is 14.0. The molecule has 0 bridgehead atoms. The summed E-state index contributed by atoms with van der Waals surface area (Å²) in [7, 11) is 0. The van der Waals surface area contributed by atoms with Crippen molar-refractivity contribution in [2.75, 3.05) is 5.73 Å². The normalized spacial score (nSPS) is 19.4. The minimum atomic E-state index is -4.91.